The van der Waals surface area contributed by atoms with Crippen LogP contribution < -0.4 is 4.98 Å². The Bertz CT molecular complexity index is 78.5. The van der Waals surface area contributed by atoms with E-state index in [-0.39, 0.29) is 0 Å². The molecule has 0 atom stereocenters. The molecule has 12 heavy (non-hydrogen) atoms. The topological polar surface area (TPSA) is 15.3 Å². The summed E-state index contributed by atoms with van der Waals surface area (Å²) < 4.78 is 0. The molecule has 3 heteroatoms. The highest BCUT2D eigenvalue weighted by Gasteiger charge is 2.05. The number of rotatable bonds is 7. The Morgan fingerprint density at radius 2 is 1.50 bits per heavy atom. The Morgan fingerprint density at radius 1 is 1.00 bits per heavy atom. The quantitative estimate of drug-likeness (QED) is 0.483. The van der Waals surface area contributed by atoms with Crippen molar-refractivity contribution in [2.45, 2.75) is 39.8 Å². The van der Waals surface area contributed by atoms with E-state index in [4.69, 9.17) is 0 Å². The Morgan fingerprint density at radius 3 is 1.83 bits per heavy atom. The number of nitrogens with one attached hydrogen (secondary N) is 1. The van der Waals surface area contributed by atoms with Crippen molar-refractivity contribution in [2.24, 2.45) is 0 Å². The second-order valence-corrected chi connectivity index (χ2v) is 6.61. The van der Waals surface area contributed by atoms with E-state index < -0.39 is 8.96 Å². The van der Waals surface area contributed by atoms with E-state index in [1.165, 1.54) is 12.1 Å². The molecule has 0 aromatic heterocycles. The van der Waals surface area contributed by atoms with Gasteiger partial charge in [0, 0.05) is 6.67 Å². The summed E-state index contributed by atoms with van der Waals surface area (Å²) in [5.74, 6) is 0. The minimum atomic E-state index is -0.568. The molecule has 0 saturated carbocycles. The van der Waals surface area contributed by atoms with Crippen LogP contribution in [0.4, 0.5) is 0 Å². The van der Waals surface area contributed by atoms with Crippen LogP contribution in [-0.4, -0.2) is 33.6 Å². The van der Waals surface area contributed by atoms with E-state index in [9.17, 15) is 0 Å². The van der Waals surface area contributed by atoms with Crippen molar-refractivity contribution in [1.82, 2.24) is 9.88 Å². The molecule has 0 heterocycles. The Hall–Kier alpha value is 0.137. The minimum Gasteiger partial charge on any atom is -0.328 e. The Labute approximate surface area is 79.0 Å². The molecule has 0 aliphatic rings. The summed E-state index contributed by atoms with van der Waals surface area (Å²) in [7, 11) is -0.568. The minimum absolute atomic E-state index is 0.568. The summed E-state index contributed by atoms with van der Waals surface area (Å²) in [6.07, 6.45) is 0. The van der Waals surface area contributed by atoms with Gasteiger partial charge in [0.05, 0.1) is 0 Å². The van der Waals surface area contributed by atoms with Gasteiger partial charge in [0.1, 0.15) is 8.96 Å². The van der Waals surface area contributed by atoms with Gasteiger partial charge in [0.2, 0.25) is 0 Å². The third-order valence-electron chi connectivity index (χ3n) is 2.48. The van der Waals surface area contributed by atoms with Crippen LogP contribution in [0.5, 0.6) is 0 Å². The molecule has 0 amide bonds. The highest BCUT2D eigenvalue weighted by Crippen LogP contribution is 1.94. The van der Waals surface area contributed by atoms with Crippen molar-refractivity contribution in [3.63, 3.8) is 0 Å². The molecule has 0 aliphatic heterocycles. The Balaban J connectivity index is 3.49. The van der Waals surface area contributed by atoms with Crippen molar-refractivity contribution in [2.75, 3.05) is 19.8 Å². The Kier molecular flexibility index (Phi) is 7.86. The van der Waals surface area contributed by atoms with Crippen LogP contribution in [0, 0.1) is 0 Å². The maximum atomic E-state index is 3.69. The molecule has 74 valence electrons. The first-order valence-corrected chi connectivity index (χ1v) is 7.45. The monoisotopic (exact) mass is 188 g/mol. The van der Waals surface area contributed by atoms with Gasteiger partial charge in [-0.05, 0) is 25.2 Å². The van der Waals surface area contributed by atoms with E-state index in [1.807, 2.05) is 0 Å². The van der Waals surface area contributed by atoms with Crippen LogP contribution in [0.2, 0.25) is 12.1 Å². The van der Waals surface area contributed by atoms with Crippen LogP contribution >= 0.6 is 0 Å². The molecule has 0 spiro atoms. The van der Waals surface area contributed by atoms with Crippen molar-refractivity contribution in [1.29, 1.82) is 0 Å². The average Bonchev–Trinajstić information content (AvgIpc) is 2.13. The van der Waals surface area contributed by atoms with Gasteiger partial charge in [0.25, 0.3) is 0 Å². The van der Waals surface area contributed by atoms with E-state index >= 15 is 0 Å². The van der Waals surface area contributed by atoms with Gasteiger partial charge in [0.15, 0.2) is 0 Å². The molecule has 0 bridgehead atoms. The lowest BCUT2D eigenvalue weighted by atomic mass is 10.6. The lowest BCUT2D eigenvalue weighted by Gasteiger charge is -2.22. The first-order valence-electron chi connectivity index (χ1n) is 5.24. The van der Waals surface area contributed by atoms with Crippen LogP contribution in [0.15, 0.2) is 0 Å². The van der Waals surface area contributed by atoms with Crippen LogP contribution in [-0.2, 0) is 0 Å². The third-order valence-corrected chi connectivity index (χ3v) is 5.21. The van der Waals surface area contributed by atoms with Crippen LogP contribution in [0.25, 0.3) is 0 Å². The average molecular weight is 188 g/mol. The van der Waals surface area contributed by atoms with Crippen LogP contribution in [0.1, 0.15) is 27.7 Å². The molecule has 0 rings (SSSR count). The maximum absolute atomic E-state index is 3.69. The highest BCUT2D eigenvalue weighted by atomic mass is 28.3. The smallest absolute Gasteiger partial charge is 0.109 e. The first-order chi connectivity index (χ1) is 5.78. The van der Waals surface area contributed by atoms with Crippen molar-refractivity contribution < 1.29 is 0 Å². The molecule has 0 aromatic rings. The van der Waals surface area contributed by atoms with Gasteiger partial charge in [-0.1, -0.05) is 27.7 Å². The van der Waals surface area contributed by atoms with Crippen molar-refractivity contribution in [3.8, 4) is 0 Å². The zero-order valence-corrected chi connectivity index (χ0v) is 10.2. The molecule has 0 fully saturated rings. The van der Waals surface area contributed by atoms with Gasteiger partial charge in [-0.3, -0.25) is 4.90 Å². The van der Waals surface area contributed by atoms with Gasteiger partial charge in [-0.2, -0.15) is 0 Å². The van der Waals surface area contributed by atoms with Crippen LogP contribution in [0.3, 0.4) is 0 Å². The predicted molar refractivity (Wildman–Crippen MR) is 59.0 cm³/mol. The molecule has 2 nitrogen and oxygen atoms in total. The number of nitrogens with zero attached hydrogens (tertiary/aromatic N) is 1. The lowest BCUT2D eigenvalue weighted by Crippen LogP contribution is -2.41. The predicted octanol–water partition coefficient (Wildman–Crippen LogP) is 1.64. The second-order valence-electron chi connectivity index (χ2n) is 3.18. The zero-order chi connectivity index (χ0) is 9.40. The molecule has 0 aliphatic carbocycles. The summed E-state index contributed by atoms with van der Waals surface area (Å²) in [6, 6.07) is 2.75. The van der Waals surface area contributed by atoms with E-state index in [0.717, 1.165) is 19.8 Å². The lowest BCUT2D eigenvalue weighted by molar-refractivity contribution is 0.299. The number of hydrogen-bond donors (Lipinski definition) is 1. The van der Waals surface area contributed by atoms with Gasteiger partial charge in [-0.15, -0.1) is 0 Å². The molecular formula is C9H24N2Si. The SMILES string of the molecule is CCN(CC)CN[SiH](CC)CC. The first kappa shape index (κ1) is 12.1. The fourth-order valence-electron chi connectivity index (χ4n) is 1.28. The fourth-order valence-corrected chi connectivity index (χ4v) is 2.95. The molecule has 0 saturated heterocycles. The summed E-state index contributed by atoms with van der Waals surface area (Å²) in [6.45, 7) is 12.5. The highest BCUT2D eigenvalue weighted by molar-refractivity contribution is 6.55. The summed E-state index contributed by atoms with van der Waals surface area (Å²) >= 11 is 0. The number of hydrogen-bond acceptors (Lipinski definition) is 2. The molecule has 0 radical (unpaired) electrons. The molecule has 0 aromatic carbocycles. The normalized spacial score (nSPS) is 11.5. The van der Waals surface area contributed by atoms with Crippen molar-refractivity contribution in [3.05, 3.63) is 0 Å². The van der Waals surface area contributed by atoms with Gasteiger partial charge in [-0.25, -0.2) is 0 Å². The van der Waals surface area contributed by atoms with Crippen molar-refractivity contribution >= 4 is 8.96 Å². The zero-order valence-electron chi connectivity index (χ0n) is 9.06. The molecule has 1 N–H and O–H groups in total. The summed E-state index contributed by atoms with van der Waals surface area (Å²) in [5, 5.41) is 0. The summed E-state index contributed by atoms with van der Waals surface area (Å²) in [5.41, 5.74) is 0. The van der Waals surface area contributed by atoms with E-state index in [0.29, 0.717) is 0 Å². The van der Waals surface area contributed by atoms with Gasteiger partial charge >= 0.3 is 0 Å². The molecule has 0 unspecified atom stereocenters. The third kappa shape index (κ3) is 4.90. The summed E-state index contributed by atoms with van der Waals surface area (Å²) in [4.78, 5) is 6.12. The maximum Gasteiger partial charge on any atom is 0.109 e. The van der Waals surface area contributed by atoms with E-state index in [2.05, 4.69) is 37.6 Å². The fraction of sp³-hybridized carbons (Fsp3) is 1.00. The van der Waals surface area contributed by atoms with Gasteiger partial charge < -0.3 is 4.98 Å². The standard InChI is InChI=1S/C9H24N2Si/c1-5-11(6-2)9-10-12(7-3)8-4/h10,12H,5-9H2,1-4H3. The molecular weight excluding hydrogens is 164 g/mol. The van der Waals surface area contributed by atoms with E-state index in [1.54, 1.807) is 0 Å². The largest absolute Gasteiger partial charge is 0.328 e. The second kappa shape index (κ2) is 7.77.